The molecule has 1 aromatic carbocycles. The van der Waals surface area contributed by atoms with E-state index in [-0.39, 0.29) is 11.8 Å². The molecule has 0 spiro atoms. The number of nitrogens with zero attached hydrogens (tertiary/aromatic N) is 1. The molecule has 0 bridgehead atoms. The second-order valence-corrected chi connectivity index (χ2v) is 5.24. The Morgan fingerprint density at radius 1 is 1.50 bits per heavy atom. The maximum atomic E-state index is 11.2. The summed E-state index contributed by atoms with van der Waals surface area (Å²) in [5.41, 5.74) is 1.10. The van der Waals surface area contributed by atoms with E-state index in [1.54, 1.807) is 0 Å². The zero-order chi connectivity index (χ0) is 11.7. The minimum atomic E-state index is -0.700. The van der Waals surface area contributed by atoms with Gasteiger partial charge in [-0.25, -0.2) is 0 Å². The summed E-state index contributed by atoms with van der Waals surface area (Å²) in [4.78, 5) is 13.3. The maximum absolute atomic E-state index is 11.2. The van der Waals surface area contributed by atoms with Gasteiger partial charge < -0.3 is 10.0 Å². The third-order valence-electron chi connectivity index (χ3n) is 3.10. The van der Waals surface area contributed by atoms with Gasteiger partial charge in [-0.05, 0) is 24.7 Å². The van der Waals surface area contributed by atoms with E-state index < -0.39 is 5.97 Å². The Morgan fingerprint density at radius 3 is 2.88 bits per heavy atom. The van der Waals surface area contributed by atoms with E-state index in [9.17, 15) is 9.90 Å². The molecular formula is C12H14BrNO2. The summed E-state index contributed by atoms with van der Waals surface area (Å²) in [5, 5.41) is 9.19. The summed E-state index contributed by atoms with van der Waals surface area (Å²) in [6.45, 7) is 1.44. The first kappa shape index (κ1) is 11.6. The second-order valence-electron chi connectivity index (χ2n) is 4.33. The third-order valence-corrected chi connectivity index (χ3v) is 3.59. The van der Waals surface area contributed by atoms with E-state index in [4.69, 9.17) is 0 Å². The number of carboxylic acids is 1. The predicted molar refractivity (Wildman–Crippen MR) is 65.5 cm³/mol. The van der Waals surface area contributed by atoms with Gasteiger partial charge >= 0.3 is 5.97 Å². The van der Waals surface area contributed by atoms with Gasteiger partial charge in [0, 0.05) is 23.5 Å². The van der Waals surface area contributed by atoms with Crippen LogP contribution in [0.3, 0.4) is 0 Å². The minimum Gasteiger partial charge on any atom is -0.481 e. The van der Waals surface area contributed by atoms with Gasteiger partial charge in [-0.15, -0.1) is 0 Å². The van der Waals surface area contributed by atoms with Gasteiger partial charge in [-0.3, -0.25) is 4.79 Å². The largest absolute Gasteiger partial charge is 0.481 e. The van der Waals surface area contributed by atoms with E-state index >= 15 is 0 Å². The molecular weight excluding hydrogens is 270 g/mol. The summed E-state index contributed by atoms with van der Waals surface area (Å²) in [6, 6.07) is 7.93. The van der Waals surface area contributed by atoms with Gasteiger partial charge in [0.05, 0.1) is 5.92 Å². The van der Waals surface area contributed by atoms with Crippen molar-refractivity contribution in [3.05, 3.63) is 34.3 Å². The molecule has 1 aliphatic heterocycles. The Kier molecular flexibility index (Phi) is 3.30. The quantitative estimate of drug-likeness (QED) is 0.905. The number of likely N-dealkylation sites (N-methyl/N-ethyl adjacent to an activating group) is 1. The Labute approximate surface area is 103 Å². The van der Waals surface area contributed by atoms with Crippen LogP contribution in [-0.4, -0.2) is 36.1 Å². The van der Waals surface area contributed by atoms with E-state index in [1.807, 2.05) is 31.3 Å². The number of rotatable bonds is 2. The summed E-state index contributed by atoms with van der Waals surface area (Å²) in [6.07, 6.45) is 0. The third kappa shape index (κ3) is 2.28. The summed E-state index contributed by atoms with van der Waals surface area (Å²) in [5.74, 6) is -0.895. The molecule has 1 saturated heterocycles. The summed E-state index contributed by atoms with van der Waals surface area (Å²) in [7, 11) is 1.97. The summed E-state index contributed by atoms with van der Waals surface area (Å²) < 4.78 is 1.00. The van der Waals surface area contributed by atoms with E-state index in [0.717, 1.165) is 16.6 Å². The normalized spacial score (nSPS) is 25.9. The van der Waals surface area contributed by atoms with Crippen molar-refractivity contribution in [2.45, 2.75) is 5.92 Å². The first-order valence-corrected chi connectivity index (χ1v) is 6.04. The average molecular weight is 284 g/mol. The standard InChI is InChI=1S/C12H14BrNO2/c1-14-6-10(11(7-14)12(15)16)8-3-2-4-9(13)5-8/h2-5,10-11H,6-7H2,1H3,(H,15,16)/t10-,11+/m1/s1. The van der Waals surface area contributed by atoms with Gasteiger partial charge in [0.2, 0.25) is 0 Å². The molecule has 3 nitrogen and oxygen atoms in total. The van der Waals surface area contributed by atoms with E-state index in [2.05, 4.69) is 20.8 Å². The highest BCUT2D eigenvalue weighted by Crippen LogP contribution is 2.33. The molecule has 1 aromatic rings. The fourth-order valence-corrected chi connectivity index (χ4v) is 2.74. The zero-order valence-corrected chi connectivity index (χ0v) is 10.6. The molecule has 86 valence electrons. The lowest BCUT2D eigenvalue weighted by Crippen LogP contribution is -2.21. The molecule has 0 aromatic heterocycles. The lowest BCUT2D eigenvalue weighted by atomic mass is 9.89. The van der Waals surface area contributed by atoms with Gasteiger partial charge in [-0.2, -0.15) is 0 Å². The van der Waals surface area contributed by atoms with Crippen LogP contribution in [0.5, 0.6) is 0 Å². The SMILES string of the molecule is CN1C[C@H](C(=O)O)[C@@H](c2cccc(Br)c2)C1. The number of hydrogen-bond donors (Lipinski definition) is 1. The predicted octanol–water partition coefficient (Wildman–Crippen LogP) is 2.18. The zero-order valence-electron chi connectivity index (χ0n) is 9.06. The van der Waals surface area contributed by atoms with Crippen molar-refractivity contribution in [2.75, 3.05) is 20.1 Å². The number of benzene rings is 1. The van der Waals surface area contributed by atoms with Crippen LogP contribution in [0.4, 0.5) is 0 Å². The Morgan fingerprint density at radius 2 is 2.25 bits per heavy atom. The lowest BCUT2D eigenvalue weighted by molar-refractivity contribution is -0.141. The molecule has 1 N–H and O–H groups in total. The van der Waals surface area contributed by atoms with Gasteiger partial charge in [-0.1, -0.05) is 28.1 Å². The van der Waals surface area contributed by atoms with E-state index in [1.165, 1.54) is 0 Å². The highest BCUT2D eigenvalue weighted by molar-refractivity contribution is 9.10. The molecule has 0 radical (unpaired) electrons. The number of aliphatic carboxylic acids is 1. The van der Waals surface area contributed by atoms with Crippen LogP contribution in [0.25, 0.3) is 0 Å². The van der Waals surface area contributed by atoms with Crippen molar-refractivity contribution in [2.24, 2.45) is 5.92 Å². The number of halogens is 1. The van der Waals surface area contributed by atoms with Crippen LogP contribution < -0.4 is 0 Å². The van der Waals surface area contributed by atoms with Crippen LogP contribution in [0.2, 0.25) is 0 Å². The monoisotopic (exact) mass is 283 g/mol. The fourth-order valence-electron chi connectivity index (χ4n) is 2.33. The lowest BCUT2D eigenvalue weighted by Gasteiger charge is -2.15. The Balaban J connectivity index is 2.28. The molecule has 0 aliphatic carbocycles. The minimum absolute atomic E-state index is 0.0972. The molecule has 4 heteroatoms. The van der Waals surface area contributed by atoms with Crippen LogP contribution in [0.1, 0.15) is 11.5 Å². The fraction of sp³-hybridized carbons (Fsp3) is 0.417. The molecule has 2 atom stereocenters. The topological polar surface area (TPSA) is 40.5 Å². The molecule has 1 aliphatic rings. The first-order valence-electron chi connectivity index (χ1n) is 5.24. The van der Waals surface area contributed by atoms with Crippen molar-refractivity contribution in [1.29, 1.82) is 0 Å². The average Bonchev–Trinajstić information content (AvgIpc) is 2.60. The van der Waals surface area contributed by atoms with Crippen molar-refractivity contribution in [1.82, 2.24) is 4.90 Å². The van der Waals surface area contributed by atoms with Crippen LogP contribution >= 0.6 is 15.9 Å². The highest BCUT2D eigenvalue weighted by Gasteiger charge is 2.36. The smallest absolute Gasteiger partial charge is 0.308 e. The van der Waals surface area contributed by atoms with Crippen molar-refractivity contribution < 1.29 is 9.90 Å². The molecule has 1 fully saturated rings. The molecule has 0 amide bonds. The molecule has 0 saturated carbocycles. The number of carbonyl (C=O) groups is 1. The Bertz CT molecular complexity index is 408. The molecule has 2 rings (SSSR count). The van der Waals surface area contributed by atoms with Gasteiger partial charge in [0.25, 0.3) is 0 Å². The summed E-state index contributed by atoms with van der Waals surface area (Å²) >= 11 is 3.42. The van der Waals surface area contributed by atoms with Crippen molar-refractivity contribution in [3.63, 3.8) is 0 Å². The highest BCUT2D eigenvalue weighted by atomic mass is 79.9. The molecule has 0 unspecified atom stereocenters. The van der Waals surface area contributed by atoms with Gasteiger partial charge in [0.15, 0.2) is 0 Å². The molecule has 1 heterocycles. The second kappa shape index (κ2) is 4.55. The van der Waals surface area contributed by atoms with Crippen LogP contribution in [-0.2, 0) is 4.79 Å². The van der Waals surface area contributed by atoms with Crippen LogP contribution in [0.15, 0.2) is 28.7 Å². The van der Waals surface area contributed by atoms with E-state index in [0.29, 0.717) is 6.54 Å². The maximum Gasteiger partial charge on any atom is 0.308 e. The molecule has 16 heavy (non-hydrogen) atoms. The van der Waals surface area contributed by atoms with Crippen molar-refractivity contribution in [3.8, 4) is 0 Å². The first-order chi connectivity index (χ1) is 7.58. The van der Waals surface area contributed by atoms with Gasteiger partial charge in [0.1, 0.15) is 0 Å². The van der Waals surface area contributed by atoms with Crippen LogP contribution in [0, 0.1) is 5.92 Å². The number of carboxylic acid groups (broad SMARTS) is 1. The van der Waals surface area contributed by atoms with Crippen molar-refractivity contribution >= 4 is 21.9 Å². The number of likely N-dealkylation sites (tertiary alicyclic amines) is 1. The Hall–Kier alpha value is -0.870. The number of hydrogen-bond acceptors (Lipinski definition) is 2.